The average molecular weight is 275 g/mol. The number of aliphatic carboxylic acids is 1. The topological polar surface area (TPSA) is 57.6 Å². The van der Waals surface area contributed by atoms with E-state index in [-0.39, 0.29) is 17.2 Å². The smallest absolute Gasteiger partial charge is 0.327 e. The predicted molar refractivity (Wildman–Crippen MR) is 70.2 cm³/mol. The number of carboxylic acid groups (broad SMARTS) is 1. The van der Waals surface area contributed by atoms with E-state index in [2.05, 4.69) is 0 Å². The van der Waals surface area contributed by atoms with Gasteiger partial charge in [0.1, 0.15) is 6.04 Å². The van der Waals surface area contributed by atoms with Gasteiger partial charge < -0.3 is 10.0 Å². The number of carbonyl (C=O) groups excluding carboxylic acids is 1. The molecule has 0 spiro atoms. The average Bonchev–Trinajstić information content (AvgIpc) is 2.96. The summed E-state index contributed by atoms with van der Waals surface area (Å²) in [4.78, 5) is 25.2. The molecule has 6 heteroatoms. The first-order chi connectivity index (χ1) is 8.15. The maximum absolute atomic E-state index is 12.4. The summed E-state index contributed by atoms with van der Waals surface area (Å²) in [5.41, 5.74) is 0. The second kappa shape index (κ2) is 5.52. The minimum Gasteiger partial charge on any atom is -0.480 e. The predicted octanol–water partition coefficient (Wildman–Crippen LogP) is 1.50. The molecular formula is C11H17NO3S2. The van der Waals surface area contributed by atoms with Crippen molar-refractivity contribution in [3.63, 3.8) is 0 Å². The number of amides is 1. The van der Waals surface area contributed by atoms with Gasteiger partial charge in [-0.1, -0.05) is 6.92 Å². The lowest BCUT2D eigenvalue weighted by atomic mass is 10.1. The molecule has 3 atom stereocenters. The molecule has 0 bridgehead atoms. The van der Waals surface area contributed by atoms with E-state index in [0.717, 1.165) is 24.3 Å². The molecule has 0 saturated carbocycles. The Bertz CT molecular complexity index is 318. The van der Waals surface area contributed by atoms with E-state index in [0.29, 0.717) is 5.75 Å². The first-order valence-electron chi connectivity index (χ1n) is 5.89. The van der Waals surface area contributed by atoms with Crippen LogP contribution in [-0.4, -0.2) is 50.6 Å². The van der Waals surface area contributed by atoms with Gasteiger partial charge in [-0.2, -0.15) is 11.8 Å². The molecule has 0 aromatic carbocycles. The number of nitrogens with zero attached hydrogens (tertiary/aromatic N) is 1. The third kappa shape index (κ3) is 2.57. The van der Waals surface area contributed by atoms with Crippen LogP contribution in [0.4, 0.5) is 0 Å². The summed E-state index contributed by atoms with van der Waals surface area (Å²) in [5, 5.41) is 9.23. The number of hydrogen-bond acceptors (Lipinski definition) is 4. The van der Waals surface area contributed by atoms with Crippen LogP contribution in [0.15, 0.2) is 0 Å². The Morgan fingerprint density at radius 1 is 1.41 bits per heavy atom. The molecule has 1 N–H and O–H groups in total. The quantitative estimate of drug-likeness (QED) is 0.846. The molecule has 0 aromatic heterocycles. The zero-order valence-corrected chi connectivity index (χ0v) is 11.4. The van der Waals surface area contributed by atoms with Crippen molar-refractivity contribution in [1.29, 1.82) is 0 Å². The van der Waals surface area contributed by atoms with E-state index in [1.54, 1.807) is 28.4 Å². The van der Waals surface area contributed by atoms with Gasteiger partial charge in [-0.3, -0.25) is 4.79 Å². The van der Waals surface area contributed by atoms with Crippen LogP contribution < -0.4 is 0 Å². The molecule has 2 aliphatic heterocycles. The molecule has 2 rings (SSSR count). The Morgan fingerprint density at radius 3 is 2.71 bits per heavy atom. The molecule has 0 radical (unpaired) electrons. The molecule has 3 unspecified atom stereocenters. The SMILES string of the molecule is CCC1SCC(C(=O)O)N1C(=O)C1CCSC1. The number of carbonyl (C=O) groups is 2. The summed E-state index contributed by atoms with van der Waals surface area (Å²) >= 11 is 3.38. The molecule has 1 amide bonds. The zero-order chi connectivity index (χ0) is 12.4. The summed E-state index contributed by atoms with van der Waals surface area (Å²) in [5.74, 6) is 1.62. The van der Waals surface area contributed by atoms with Crippen molar-refractivity contribution in [1.82, 2.24) is 4.90 Å². The molecule has 0 aromatic rings. The van der Waals surface area contributed by atoms with Crippen LogP contribution in [0.2, 0.25) is 0 Å². The van der Waals surface area contributed by atoms with E-state index in [9.17, 15) is 14.7 Å². The number of carboxylic acids is 1. The lowest BCUT2D eigenvalue weighted by Gasteiger charge is -2.29. The summed E-state index contributed by atoms with van der Waals surface area (Å²) in [6.07, 6.45) is 1.72. The van der Waals surface area contributed by atoms with Gasteiger partial charge in [-0.15, -0.1) is 11.8 Å². The molecular weight excluding hydrogens is 258 g/mol. The molecule has 4 nitrogen and oxygen atoms in total. The standard InChI is InChI=1S/C11H17NO3S2/c1-2-9-12(8(6-17-9)11(14)15)10(13)7-3-4-16-5-7/h7-9H,2-6H2,1H3,(H,14,15). The Labute approximate surface area is 110 Å². The van der Waals surface area contributed by atoms with Crippen LogP contribution in [0.3, 0.4) is 0 Å². The molecule has 2 aliphatic rings. The monoisotopic (exact) mass is 275 g/mol. The summed E-state index contributed by atoms with van der Waals surface area (Å²) in [6, 6.07) is -0.622. The lowest BCUT2D eigenvalue weighted by molar-refractivity contribution is -0.150. The summed E-state index contributed by atoms with van der Waals surface area (Å²) < 4.78 is 0. The molecule has 17 heavy (non-hydrogen) atoms. The van der Waals surface area contributed by atoms with E-state index < -0.39 is 12.0 Å². The summed E-state index contributed by atoms with van der Waals surface area (Å²) in [7, 11) is 0. The second-order valence-electron chi connectivity index (χ2n) is 4.36. The van der Waals surface area contributed by atoms with E-state index in [4.69, 9.17) is 0 Å². The highest BCUT2D eigenvalue weighted by molar-refractivity contribution is 8.00. The maximum Gasteiger partial charge on any atom is 0.327 e. The molecule has 2 heterocycles. The van der Waals surface area contributed by atoms with Crippen molar-refractivity contribution in [3.8, 4) is 0 Å². The van der Waals surface area contributed by atoms with Crippen LogP contribution in [0.25, 0.3) is 0 Å². The van der Waals surface area contributed by atoms with Gasteiger partial charge in [0.15, 0.2) is 0 Å². The van der Waals surface area contributed by atoms with Gasteiger partial charge in [-0.05, 0) is 18.6 Å². The largest absolute Gasteiger partial charge is 0.480 e. The Morgan fingerprint density at radius 2 is 2.18 bits per heavy atom. The second-order valence-corrected chi connectivity index (χ2v) is 6.72. The van der Waals surface area contributed by atoms with Crippen LogP contribution in [0.5, 0.6) is 0 Å². The summed E-state index contributed by atoms with van der Waals surface area (Å²) in [6.45, 7) is 2.01. The highest BCUT2D eigenvalue weighted by Gasteiger charge is 2.43. The molecule has 0 aliphatic carbocycles. The van der Waals surface area contributed by atoms with E-state index in [1.807, 2.05) is 6.92 Å². The Hall–Kier alpha value is -0.360. The van der Waals surface area contributed by atoms with Crippen molar-refractivity contribution in [2.75, 3.05) is 17.3 Å². The third-order valence-electron chi connectivity index (χ3n) is 3.26. The Balaban J connectivity index is 2.12. The zero-order valence-electron chi connectivity index (χ0n) is 9.80. The van der Waals surface area contributed by atoms with E-state index >= 15 is 0 Å². The van der Waals surface area contributed by atoms with Gasteiger partial charge in [0.2, 0.25) is 5.91 Å². The highest BCUT2D eigenvalue weighted by Crippen LogP contribution is 2.35. The first kappa shape index (κ1) is 13.1. The van der Waals surface area contributed by atoms with Crippen LogP contribution >= 0.6 is 23.5 Å². The highest BCUT2D eigenvalue weighted by atomic mass is 32.2. The van der Waals surface area contributed by atoms with Crippen molar-refractivity contribution in [2.45, 2.75) is 31.2 Å². The lowest BCUT2D eigenvalue weighted by Crippen LogP contribution is -2.48. The van der Waals surface area contributed by atoms with Crippen LogP contribution in [0.1, 0.15) is 19.8 Å². The van der Waals surface area contributed by atoms with Crippen molar-refractivity contribution in [2.24, 2.45) is 5.92 Å². The molecule has 2 saturated heterocycles. The fraction of sp³-hybridized carbons (Fsp3) is 0.818. The Kier molecular flexibility index (Phi) is 4.25. The first-order valence-corrected chi connectivity index (χ1v) is 8.09. The fourth-order valence-electron chi connectivity index (χ4n) is 2.30. The minimum absolute atomic E-state index is 0.0367. The molecule has 96 valence electrons. The normalized spacial score (nSPS) is 33.0. The number of hydrogen-bond donors (Lipinski definition) is 1. The number of rotatable bonds is 3. The maximum atomic E-state index is 12.4. The molecule has 2 fully saturated rings. The van der Waals surface area contributed by atoms with Gasteiger partial charge in [-0.25, -0.2) is 4.79 Å². The van der Waals surface area contributed by atoms with Crippen LogP contribution in [-0.2, 0) is 9.59 Å². The minimum atomic E-state index is -0.868. The van der Waals surface area contributed by atoms with Crippen molar-refractivity contribution >= 4 is 35.4 Å². The van der Waals surface area contributed by atoms with Gasteiger partial charge in [0, 0.05) is 17.4 Å². The van der Waals surface area contributed by atoms with Gasteiger partial charge in [0.25, 0.3) is 0 Å². The van der Waals surface area contributed by atoms with Crippen molar-refractivity contribution < 1.29 is 14.7 Å². The third-order valence-corrected chi connectivity index (χ3v) is 5.88. The fourth-order valence-corrected chi connectivity index (χ4v) is 4.87. The van der Waals surface area contributed by atoms with Gasteiger partial charge >= 0.3 is 5.97 Å². The number of thioether (sulfide) groups is 2. The van der Waals surface area contributed by atoms with Crippen molar-refractivity contribution in [3.05, 3.63) is 0 Å². The van der Waals surface area contributed by atoms with E-state index in [1.165, 1.54) is 0 Å². The van der Waals surface area contributed by atoms with Gasteiger partial charge in [0.05, 0.1) is 5.37 Å². The van der Waals surface area contributed by atoms with Crippen LogP contribution in [0, 0.1) is 5.92 Å².